The summed E-state index contributed by atoms with van der Waals surface area (Å²) in [4.78, 5) is 0. The first kappa shape index (κ1) is 13.0. The van der Waals surface area contributed by atoms with E-state index in [0.29, 0.717) is 10.9 Å². The van der Waals surface area contributed by atoms with Crippen LogP contribution in [0.5, 0.6) is 0 Å². The Bertz CT molecular complexity index is 560. The zero-order valence-corrected chi connectivity index (χ0v) is 11.7. The first-order chi connectivity index (χ1) is 9.29. The number of halogens is 1. The molecular formula is C15H18ClNO2. The molecule has 1 aromatic heterocycles. The molecule has 1 unspecified atom stereocenters. The van der Waals surface area contributed by atoms with Gasteiger partial charge in [0.25, 0.3) is 0 Å². The largest absolute Gasteiger partial charge is 0.458 e. The predicted octanol–water partition coefficient (Wildman–Crippen LogP) is 3.77. The smallest absolute Gasteiger partial charge is 0.152 e. The molecular weight excluding hydrogens is 262 g/mol. The number of para-hydroxylation sites is 1. The zero-order chi connectivity index (χ0) is 13.2. The van der Waals surface area contributed by atoms with Crippen molar-refractivity contribution in [3.63, 3.8) is 0 Å². The number of hydrogen-bond donors (Lipinski definition) is 1. The predicted molar refractivity (Wildman–Crippen MR) is 76.6 cm³/mol. The van der Waals surface area contributed by atoms with Crippen LogP contribution in [-0.4, -0.2) is 20.3 Å². The van der Waals surface area contributed by atoms with Crippen molar-refractivity contribution in [2.24, 2.45) is 5.92 Å². The molecule has 0 bridgehead atoms. The van der Waals surface area contributed by atoms with Gasteiger partial charge in [0.15, 0.2) is 5.58 Å². The topological polar surface area (TPSA) is 34.4 Å². The highest BCUT2D eigenvalue weighted by Gasteiger charge is 2.27. The molecule has 1 fully saturated rings. The molecule has 3 rings (SSSR count). The van der Waals surface area contributed by atoms with Crippen molar-refractivity contribution >= 4 is 22.6 Å². The lowest BCUT2D eigenvalue weighted by Gasteiger charge is -2.28. The number of ether oxygens (including phenoxy) is 1. The SMILES string of the molecule is CNC(c1cc2cccc(Cl)c2o1)C1CCOCC1. The van der Waals surface area contributed by atoms with E-state index in [4.69, 9.17) is 20.8 Å². The van der Waals surface area contributed by atoms with Crippen LogP contribution in [-0.2, 0) is 4.74 Å². The molecule has 4 heteroatoms. The quantitative estimate of drug-likeness (QED) is 0.929. The molecule has 0 aliphatic carbocycles. The summed E-state index contributed by atoms with van der Waals surface area (Å²) >= 11 is 6.17. The van der Waals surface area contributed by atoms with Gasteiger partial charge in [0.1, 0.15) is 5.76 Å². The minimum absolute atomic E-state index is 0.229. The van der Waals surface area contributed by atoms with E-state index >= 15 is 0 Å². The summed E-state index contributed by atoms with van der Waals surface area (Å²) < 4.78 is 11.4. The van der Waals surface area contributed by atoms with Crippen LogP contribution >= 0.6 is 11.6 Å². The van der Waals surface area contributed by atoms with E-state index < -0.39 is 0 Å². The third kappa shape index (κ3) is 2.50. The van der Waals surface area contributed by atoms with Gasteiger partial charge in [0, 0.05) is 18.6 Å². The maximum Gasteiger partial charge on any atom is 0.152 e. The van der Waals surface area contributed by atoms with Gasteiger partial charge in [0.2, 0.25) is 0 Å². The van der Waals surface area contributed by atoms with E-state index in [-0.39, 0.29) is 6.04 Å². The van der Waals surface area contributed by atoms with Crippen molar-refractivity contribution in [3.05, 3.63) is 35.0 Å². The zero-order valence-electron chi connectivity index (χ0n) is 11.0. The fourth-order valence-electron chi connectivity index (χ4n) is 2.86. The van der Waals surface area contributed by atoms with E-state index in [0.717, 1.165) is 42.8 Å². The van der Waals surface area contributed by atoms with Crippen LogP contribution in [0.1, 0.15) is 24.6 Å². The Hall–Kier alpha value is -1.03. The highest BCUT2D eigenvalue weighted by molar-refractivity contribution is 6.34. The summed E-state index contributed by atoms with van der Waals surface area (Å²) in [6, 6.07) is 8.17. The molecule has 0 saturated carbocycles. The highest BCUT2D eigenvalue weighted by atomic mass is 35.5. The third-order valence-corrected chi connectivity index (χ3v) is 4.17. The van der Waals surface area contributed by atoms with E-state index in [1.807, 2.05) is 25.2 Å². The Labute approximate surface area is 117 Å². The van der Waals surface area contributed by atoms with Gasteiger partial charge < -0.3 is 14.5 Å². The lowest BCUT2D eigenvalue weighted by molar-refractivity contribution is 0.0520. The molecule has 1 aliphatic rings. The summed E-state index contributed by atoms with van der Waals surface area (Å²) in [5.74, 6) is 1.52. The normalized spacial score (nSPS) is 18.8. The van der Waals surface area contributed by atoms with Crippen LogP contribution in [0.4, 0.5) is 0 Å². The molecule has 1 aromatic carbocycles. The number of nitrogens with one attached hydrogen (secondary N) is 1. The summed E-state index contributed by atoms with van der Waals surface area (Å²) in [7, 11) is 1.98. The minimum Gasteiger partial charge on any atom is -0.458 e. The summed E-state index contributed by atoms with van der Waals surface area (Å²) in [6.45, 7) is 1.67. The van der Waals surface area contributed by atoms with Crippen molar-refractivity contribution in [2.75, 3.05) is 20.3 Å². The maximum absolute atomic E-state index is 6.17. The number of hydrogen-bond acceptors (Lipinski definition) is 3. The molecule has 1 N–H and O–H groups in total. The summed E-state index contributed by atoms with van der Waals surface area (Å²) in [5, 5.41) is 5.11. The lowest BCUT2D eigenvalue weighted by Crippen LogP contribution is -2.29. The molecule has 19 heavy (non-hydrogen) atoms. The first-order valence-electron chi connectivity index (χ1n) is 6.72. The van der Waals surface area contributed by atoms with Crippen molar-refractivity contribution < 1.29 is 9.15 Å². The van der Waals surface area contributed by atoms with Crippen molar-refractivity contribution in [2.45, 2.75) is 18.9 Å². The van der Waals surface area contributed by atoms with E-state index in [1.54, 1.807) is 0 Å². The Morgan fingerprint density at radius 2 is 2.11 bits per heavy atom. The Morgan fingerprint density at radius 3 is 2.79 bits per heavy atom. The van der Waals surface area contributed by atoms with Crippen LogP contribution in [0.2, 0.25) is 5.02 Å². The molecule has 0 radical (unpaired) electrons. The van der Waals surface area contributed by atoms with Crippen LogP contribution in [0.25, 0.3) is 11.0 Å². The highest BCUT2D eigenvalue weighted by Crippen LogP contribution is 2.35. The van der Waals surface area contributed by atoms with Gasteiger partial charge >= 0.3 is 0 Å². The molecule has 1 aliphatic heterocycles. The lowest BCUT2D eigenvalue weighted by atomic mass is 9.90. The van der Waals surface area contributed by atoms with Gasteiger partial charge in [-0.05, 0) is 37.9 Å². The standard InChI is InChI=1S/C15H18ClNO2/c1-17-14(10-5-7-18-8-6-10)13-9-11-3-2-4-12(16)15(11)19-13/h2-4,9-10,14,17H,5-8H2,1H3. The van der Waals surface area contributed by atoms with Gasteiger partial charge in [-0.2, -0.15) is 0 Å². The minimum atomic E-state index is 0.229. The van der Waals surface area contributed by atoms with Crippen LogP contribution in [0, 0.1) is 5.92 Å². The number of rotatable bonds is 3. The number of fused-ring (bicyclic) bond motifs is 1. The number of benzene rings is 1. The molecule has 1 saturated heterocycles. The third-order valence-electron chi connectivity index (χ3n) is 3.87. The second-order valence-electron chi connectivity index (χ2n) is 5.02. The average Bonchev–Trinajstić information content (AvgIpc) is 2.86. The summed E-state index contributed by atoms with van der Waals surface area (Å²) in [5.41, 5.74) is 0.784. The first-order valence-corrected chi connectivity index (χ1v) is 7.10. The Morgan fingerprint density at radius 1 is 1.32 bits per heavy atom. The Kier molecular flexibility index (Phi) is 3.78. The molecule has 0 spiro atoms. The van der Waals surface area contributed by atoms with Crippen molar-refractivity contribution in [1.82, 2.24) is 5.32 Å². The Balaban J connectivity index is 1.94. The summed E-state index contributed by atoms with van der Waals surface area (Å²) in [6.07, 6.45) is 2.13. The molecule has 3 nitrogen and oxygen atoms in total. The van der Waals surface area contributed by atoms with Crippen molar-refractivity contribution in [3.8, 4) is 0 Å². The van der Waals surface area contributed by atoms with Gasteiger partial charge in [-0.1, -0.05) is 23.7 Å². The molecule has 1 atom stereocenters. The van der Waals surface area contributed by atoms with E-state index in [1.165, 1.54) is 0 Å². The monoisotopic (exact) mass is 279 g/mol. The van der Waals surface area contributed by atoms with E-state index in [2.05, 4.69) is 11.4 Å². The molecule has 2 heterocycles. The maximum atomic E-state index is 6.17. The molecule has 2 aromatic rings. The van der Waals surface area contributed by atoms with Crippen LogP contribution in [0.15, 0.2) is 28.7 Å². The van der Waals surface area contributed by atoms with Crippen LogP contribution in [0.3, 0.4) is 0 Å². The van der Waals surface area contributed by atoms with Gasteiger partial charge in [-0.25, -0.2) is 0 Å². The van der Waals surface area contributed by atoms with Crippen molar-refractivity contribution in [1.29, 1.82) is 0 Å². The second kappa shape index (κ2) is 5.53. The van der Waals surface area contributed by atoms with Gasteiger partial charge in [0.05, 0.1) is 11.1 Å². The second-order valence-corrected chi connectivity index (χ2v) is 5.43. The fraction of sp³-hybridized carbons (Fsp3) is 0.467. The average molecular weight is 280 g/mol. The van der Waals surface area contributed by atoms with Gasteiger partial charge in [-0.15, -0.1) is 0 Å². The van der Waals surface area contributed by atoms with Crippen LogP contribution < -0.4 is 5.32 Å². The number of furan rings is 1. The molecule has 102 valence electrons. The van der Waals surface area contributed by atoms with Gasteiger partial charge in [-0.3, -0.25) is 0 Å². The molecule has 0 amide bonds. The van der Waals surface area contributed by atoms with E-state index in [9.17, 15) is 0 Å². The fourth-order valence-corrected chi connectivity index (χ4v) is 3.08.